The highest BCUT2D eigenvalue weighted by molar-refractivity contribution is 6.02. The molecular weight excluding hydrogens is 291 g/mol. The van der Waals surface area contributed by atoms with Crippen molar-refractivity contribution in [3.05, 3.63) is 71.7 Å². The molecule has 2 aliphatic rings. The summed E-state index contributed by atoms with van der Waals surface area (Å²) in [4.78, 5) is 17.0. The molecule has 0 saturated heterocycles. The van der Waals surface area contributed by atoms with Crippen molar-refractivity contribution in [2.24, 2.45) is 10.9 Å². The molecule has 1 aliphatic heterocycles. The number of Topliss-reactive ketones (excluding diaryl/α,β-unsaturated/α-hetero) is 1. The van der Waals surface area contributed by atoms with Crippen molar-refractivity contribution in [1.29, 1.82) is 0 Å². The van der Waals surface area contributed by atoms with Gasteiger partial charge in [0.2, 0.25) is 0 Å². The lowest BCUT2D eigenvalue weighted by atomic mass is 9.81. The van der Waals surface area contributed by atoms with E-state index in [9.17, 15) is 9.18 Å². The smallest absolute Gasteiger partial charge is 0.148 e. The van der Waals surface area contributed by atoms with Crippen LogP contribution in [0.3, 0.4) is 0 Å². The molecule has 2 aromatic rings. The van der Waals surface area contributed by atoms with E-state index in [1.165, 1.54) is 12.1 Å². The summed E-state index contributed by atoms with van der Waals surface area (Å²) in [5, 5.41) is 3.34. The van der Waals surface area contributed by atoms with Crippen LogP contribution in [0.4, 0.5) is 15.8 Å². The fourth-order valence-electron chi connectivity index (χ4n) is 3.11. The molecule has 1 heterocycles. The van der Waals surface area contributed by atoms with Gasteiger partial charge in [-0.3, -0.25) is 9.79 Å². The quantitative estimate of drug-likeness (QED) is 0.857. The average Bonchev–Trinajstić information content (AvgIpc) is 2.74. The number of allylic oxidation sites excluding steroid dienone is 2. The van der Waals surface area contributed by atoms with Gasteiger partial charge < -0.3 is 5.32 Å². The Morgan fingerprint density at radius 1 is 1.09 bits per heavy atom. The second-order valence-electron chi connectivity index (χ2n) is 5.85. The minimum Gasteiger partial charge on any atom is -0.356 e. The summed E-state index contributed by atoms with van der Waals surface area (Å²) >= 11 is 0. The first-order chi connectivity index (χ1) is 11.2. The molecule has 0 aromatic heterocycles. The fraction of sp³-hybridized carbons (Fsp3) is 0.158. The number of hydrogen-bond donors (Lipinski definition) is 1. The molecule has 1 N–H and O–H groups in total. The van der Waals surface area contributed by atoms with Crippen molar-refractivity contribution in [2.75, 3.05) is 5.32 Å². The standard InChI is InChI=1S/C19H15FN2O/c20-14-7-5-12(6-8-14)13-9-18-15(19(23)10-13)11-21-16-3-1-2-4-17(16)22-18/h1-9,11,13,15,22H,10H2/t13-,15-/m0/s1. The molecule has 2 aromatic carbocycles. The summed E-state index contributed by atoms with van der Waals surface area (Å²) in [6.45, 7) is 0. The molecule has 0 unspecified atom stereocenters. The molecule has 0 spiro atoms. The van der Waals surface area contributed by atoms with Crippen molar-refractivity contribution in [3.63, 3.8) is 0 Å². The van der Waals surface area contributed by atoms with Gasteiger partial charge in [-0.2, -0.15) is 0 Å². The number of ketones is 1. The molecule has 1 aliphatic carbocycles. The van der Waals surface area contributed by atoms with Crippen molar-refractivity contribution in [3.8, 4) is 0 Å². The number of nitrogens with zero attached hydrogens (tertiary/aromatic N) is 1. The van der Waals surface area contributed by atoms with E-state index < -0.39 is 0 Å². The average molecular weight is 306 g/mol. The third-order valence-corrected chi connectivity index (χ3v) is 4.33. The molecule has 0 amide bonds. The van der Waals surface area contributed by atoms with E-state index in [2.05, 4.69) is 16.4 Å². The van der Waals surface area contributed by atoms with E-state index in [-0.39, 0.29) is 23.4 Å². The van der Waals surface area contributed by atoms with Gasteiger partial charge >= 0.3 is 0 Å². The van der Waals surface area contributed by atoms with Crippen LogP contribution in [0.2, 0.25) is 0 Å². The Hall–Kier alpha value is -2.75. The Kier molecular flexibility index (Phi) is 3.30. The Labute approximate surface area is 133 Å². The van der Waals surface area contributed by atoms with Gasteiger partial charge in [0.15, 0.2) is 0 Å². The van der Waals surface area contributed by atoms with Gasteiger partial charge in [-0.15, -0.1) is 0 Å². The van der Waals surface area contributed by atoms with E-state index in [4.69, 9.17) is 0 Å². The van der Waals surface area contributed by atoms with Crippen LogP contribution >= 0.6 is 0 Å². The highest BCUT2D eigenvalue weighted by Gasteiger charge is 2.31. The number of anilines is 1. The van der Waals surface area contributed by atoms with Crippen LogP contribution in [0, 0.1) is 11.7 Å². The molecule has 114 valence electrons. The zero-order valence-electron chi connectivity index (χ0n) is 12.4. The van der Waals surface area contributed by atoms with Gasteiger partial charge in [0, 0.05) is 24.3 Å². The topological polar surface area (TPSA) is 41.5 Å². The molecule has 0 radical (unpaired) electrons. The van der Waals surface area contributed by atoms with Gasteiger partial charge in [0.1, 0.15) is 11.6 Å². The maximum Gasteiger partial charge on any atom is 0.148 e. The SMILES string of the molecule is O=C1C[C@@H](c2ccc(F)cc2)C=C2Nc3ccccc3N=C[C@H]12. The number of nitrogens with one attached hydrogen (secondary N) is 1. The summed E-state index contributed by atoms with van der Waals surface area (Å²) in [7, 11) is 0. The second-order valence-corrected chi connectivity index (χ2v) is 5.85. The van der Waals surface area contributed by atoms with E-state index in [0.29, 0.717) is 6.42 Å². The number of carbonyl (C=O) groups excluding carboxylic acids is 1. The molecule has 0 bridgehead atoms. The van der Waals surface area contributed by atoms with Crippen LogP contribution in [0.15, 0.2) is 65.3 Å². The molecule has 4 heteroatoms. The summed E-state index contributed by atoms with van der Waals surface area (Å²) in [6.07, 6.45) is 4.19. The minimum absolute atomic E-state index is 0.0412. The van der Waals surface area contributed by atoms with E-state index in [1.807, 2.05) is 24.3 Å². The molecule has 4 rings (SSSR count). The first-order valence-electron chi connectivity index (χ1n) is 7.61. The molecular formula is C19H15FN2O. The number of hydrogen-bond acceptors (Lipinski definition) is 3. The summed E-state index contributed by atoms with van der Waals surface area (Å²) in [5.41, 5.74) is 3.52. The maximum atomic E-state index is 13.1. The Balaban J connectivity index is 1.73. The predicted molar refractivity (Wildman–Crippen MR) is 88.6 cm³/mol. The molecule has 0 fully saturated rings. The zero-order valence-corrected chi connectivity index (χ0v) is 12.4. The fourth-order valence-corrected chi connectivity index (χ4v) is 3.11. The Morgan fingerprint density at radius 3 is 2.70 bits per heavy atom. The first-order valence-corrected chi connectivity index (χ1v) is 7.61. The van der Waals surface area contributed by atoms with Crippen molar-refractivity contribution in [1.82, 2.24) is 0 Å². The molecule has 23 heavy (non-hydrogen) atoms. The van der Waals surface area contributed by atoms with E-state index in [0.717, 1.165) is 22.6 Å². The minimum atomic E-state index is -0.334. The van der Waals surface area contributed by atoms with Crippen molar-refractivity contribution < 1.29 is 9.18 Å². The zero-order chi connectivity index (χ0) is 15.8. The van der Waals surface area contributed by atoms with Crippen LogP contribution in [0.1, 0.15) is 17.9 Å². The lowest BCUT2D eigenvalue weighted by Gasteiger charge is -2.25. The maximum absolute atomic E-state index is 13.1. The van der Waals surface area contributed by atoms with E-state index >= 15 is 0 Å². The number of fused-ring (bicyclic) bond motifs is 2. The summed E-state index contributed by atoms with van der Waals surface area (Å²) in [5.74, 6) is -0.518. The Bertz CT molecular complexity index is 824. The number of halogens is 1. The number of benzene rings is 2. The van der Waals surface area contributed by atoms with Gasteiger partial charge in [0.05, 0.1) is 17.3 Å². The molecule has 0 saturated carbocycles. The van der Waals surface area contributed by atoms with E-state index in [1.54, 1.807) is 18.3 Å². The van der Waals surface area contributed by atoms with Crippen LogP contribution in [0.5, 0.6) is 0 Å². The predicted octanol–water partition coefficient (Wildman–Crippen LogP) is 4.21. The van der Waals surface area contributed by atoms with Crippen LogP contribution in [-0.4, -0.2) is 12.0 Å². The van der Waals surface area contributed by atoms with Gasteiger partial charge in [-0.1, -0.05) is 30.3 Å². The Morgan fingerprint density at radius 2 is 1.87 bits per heavy atom. The summed E-state index contributed by atoms with van der Waals surface area (Å²) in [6, 6.07) is 14.1. The third-order valence-electron chi connectivity index (χ3n) is 4.33. The third kappa shape index (κ3) is 2.57. The highest BCUT2D eigenvalue weighted by atomic mass is 19.1. The molecule has 2 atom stereocenters. The number of para-hydroxylation sites is 2. The lowest BCUT2D eigenvalue weighted by molar-refractivity contribution is -0.120. The van der Waals surface area contributed by atoms with Crippen molar-refractivity contribution in [2.45, 2.75) is 12.3 Å². The first kappa shape index (κ1) is 13.9. The van der Waals surface area contributed by atoms with Crippen molar-refractivity contribution >= 4 is 23.4 Å². The number of carbonyl (C=O) groups is 1. The van der Waals surface area contributed by atoms with Gasteiger partial charge in [-0.25, -0.2) is 4.39 Å². The van der Waals surface area contributed by atoms with Crippen LogP contribution < -0.4 is 5.32 Å². The second kappa shape index (κ2) is 5.47. The number of rotatable bonds is 1. The van der Waals surface area contributed by atoms with Gasteiger partial charge in [0.25, 0.3) is 0 Å². The normalized spacial score (nSPS) is 22.5. The largest absolute Gasteiger partial charge is 0.356 e. The van der Waals surface area contributed by atoms with Gasteiger partial charge in [-0.05, 0) is 29.8 Å². The highest BCUT2D eigenvalue weighted by Crippen LogP contribution is 2.36. The lowest BCUT2D eigenvalue weighted by Crippen LogP contribution is -2.28. The molecule has 3 nitrogen and oxygen atoms in total. The number of aliphatic imine (C=N–C) groups is 1. The summed E-state index contributed by atoms with van der Waals surface area (Å²) < 4.78 is 13.1. The van der Waals surface area contributed by atoms with Crippen LogP contribution in [0.25, 0.3) is 0 Å². The monoisotopic (exact) mass is 306 g/mol. The van der Waals surface area contributed by atoms with Crippen LogP contribution in [-0.2, 0) is 4.79 Å².